The lowest BCUT2D eigenvalue weighted by atomic mass is 10.2. The quantitative estimate of drug-likeness (QED) is 0.243. The molecule has 0 spiro atoms. The van der Waals surface area contributed by atoms with Crippen molar-refractivity contribution in [3.05, 3.63) is 40.1 Å². The summed E-state index contributed by atoms with van der Waals surface area (Å²) in [5, 5.41) is 35.1. The van der Waals surface area contributed by atoms with E-state index >= 15 is 0 Å². The Hall–Kier alpha value is -3.39. The SMILES string of the molecule is Cc1ccc(NC(=O)O)cc1Nc1ncc([N+](=O)[O-])c(SC#N)n1. The molecule has 122 valence electrons. The summed E-state index contributed by atoms with van der Waals surface area (Å²) >= 11 is 0.553. The van der Waals surface area contributed by atoms with Gasteiger partial charge in [-0.05, 0) is 24.6 Å². The van der Waals surface area contributed by atoms with E-state index in [1.807, 2.05) is 0 Å². The van der Waals surface area contributed by atoms with Crippen LogP contribution in [0.5, 0.6) is 0 Å². The molecule has 10 nitrogen and oxygen atoms in total. The maximum atomic E-state index is 10.9. The second kappa shape index (κ2) is 7.25. The lowest BCUT2D eigenvalue weighted by Crippen LogP contribution is -2.08. The van der Waals surface area contributed by atoms with Crippen LogP contribution in [-0.2, 0) is 0 Å². The number of hydrogen-bond donors (Lipinski definition) is 3. The highest BCUT2D eigenvalue weighted by Gasteiger charge is 2.18. The van der Waals surface area contributed by atoms with Crippen LogP contribution in [0.4, 0.5) is 27.8 Å². The number of hydrogen-bond acceptors (Lipinski definition) is 8. The van der Waals surface area contributed by atoms with Crippen LogP contribution in [-0.4, -0.2) is 26.1 Å². The average Bonchev–Trinajstić information content (AvgIpc) is 2.50. The van der Waals surface area contributed by atoms with E-state index in [2.05, 4.69) is 20.6 Å². The number of nitriles is 1. The zero-order chi connectivity index (χ0) is 17.7. The van der Waals surface area contributed by atoms with E-state index in [0.717, 1.165) is 11.8 Å². The number of aryl methyl sites for hydroxylation is 1. The first-order valence-electron chi connectivity index (χ1n) is 6.35. The number of carbonyl (C=O) groups is 1. The number of carboxylic acid groups (broad SMARTS) is 1. The molecule has 2 rings (SSSR count). The summed E-state index contributed by atoms with van der Waals surface area (Å²) < 4.78 is 0. The number of amides is 1. The minimum atomic E-state index is -1.20. The molecule has 0 fully saturated rings. The first-order valence-corrected chi connectivity index (χ1v) is 7.17. The molecule has 2 aromatic rings. The molecule has 0 atom stereocenters. The van der Waals surface area contributed by atoms with E-state index in [1.165, 1.54) is 6.07 Å². The van der Waals surface area contributed by atoms with E-state index < -0.39 is 11.0 Å². The summed E-state index contributed by atoms with van der Waals surface area (Å²) in [4.78, 5) is 28.7. The molecule has 0 bridgehead atoms. The molecule has 24 heavy (non-hydrogen) atoms. The van der Waals surface area contributed by atoms with Gasteiger partial charge in [0.2, 0.25) is 5.95 Å². The molecule has 1 aromatic carbocycles. The van der Waals surface area contributed by atoms with Crippen LogP contribution in [0.1, 0.15) is 5.56 Å². The minimum Gasteiger partial charge on any atom is -0.465 e. The van der Waals surface area contributed by atoms with Gasteiger partial charge in [-0.2, -0.15) is 10.2 Å². The number of thioether (sulfide) groups is 1. The molecule has 0 unspecified atom stereocenters. The maximum absolute atomic E-state index is 10.9. The van der Waals surface area contributed by atoms with E-state index in [0.29, 0.717) is 23.1 Å². The smallest absolute Gasteiger partial charge is 0.409 e. The molecule has 0 aliphatic carbocycles. The van der Waals surface area contributed by atoms with Crippen LogP contribution in [0.25, 0.3) is 0 Å². The van der Waals surface area contributed by atoms with Gasteiger partial charge in [0.1, 0.15) is 11.6 Å². The minimum absolute atomic E-state index is 0.0499. The van der Waals surface area contributed by atoms with Crippen molar-refractivity contribution in [3.8, 4) is 5.40 Å². The van der Waals surface area contributed by atoms with Gasteiger partial charge in [-0.25, -0.2) is 9.78 Å². The molecule has 0 radical (unpaired) electrons. The van der Waals surface area contributed by atoms with Crippen LogP contribution >= 0.6 is 11.8 Å². The second-order valence-corrected chi connectivity index (χ2v) is 5.19. The largest absolute Gasteiger partial charge is 0.465 e. The normalized spacial score (nSPS) is 9.83. The number of aromatic nitrogens is 2. The number of rotatable bonds is 5. The molecule has 1 heterocycles. The predicted molar refractivity (Wildman–Crippen MR) is 86.3 cm³/mol. The molecule has 0 saturated heterocycles. The molecular formula is C13H10N6O4S. The Morgan fingerprint density at radius 2 is 2.25 bits per heavy atom. The zero-order valence-corrected chi connectivity index (χ0v) is 13.0. The molecular weight excluding hydrogens is 336 g/mol. The van der Waals surface area contributed by atoms with Crippen LogP contribution in [0.3, 0.4) is 0 Å². The van der Waals surface area contributed by atoms with Crippen molar-refractivity contribution in [1.29, 1.82) is 5.26 Å². The monoisotopic (exact) mass is 346 g/mol. The standard InChI is InChI=1S/C13H10N6O4S/c1-7-2-3-8(16-13(20)21)4-9(7)17-12-15-5-10(19(22)23)11(18-12)24-6-14/h2-5,16H,1H3,(H,20,21)(H,15,17,18). The highest BCUT2D eigenvalue weighted by molar-refractivity contribution is 8.03. The Kier molecular flexibility index (Phi) is 5.13. The van der Waals surface area contributed by atoms with Crippen molar-refractivity contribution >= 4 is 40.9 Å². The fourth-order valence-corrected chi connectivity index (χ4v) is 2.19. The molecule has 0 aliphatic heterocycles. The van der Waals surface area contributed by atoms with Crippen molar-refractivity contribution in [2.45, 2.75) is 11.9 Å². The predicted octanol–water partition coefficient (Wildman–Crippen LogP) is 3.10. The van der Waals surface area contributed by atoms with Crippen molar-refractivity contribution in [2.24, 2.45) is 0 Å². The van der Waals surface area contributed by atoms with Gasteiger partial charge in [0.15, 0.2) is 5.03 Å². The number of nitrogens with one attached hydrogen (secondary N) is 2. The Morgan fingerprint density at radius 3 is 2.88 bits per heavy atom. The van der Waals surface area contributed by atoms with Crippen molar-refractivity contribution in [1.82, 2.24) is 9.97 Å². The van der Waals surface area contributed by atoms with Gasteiger partial charge in [-0.3, -0.25) is 15.4 Å². The average molecular weight is 346 g/mol. The van der Waals surface area contributed by atoms with Gasteiger partial charge in [0, 0.05) is 23.1 Å². The van der Waals surface area contributed by atoms with Crippen LogP contribution < -0.4 is 10.6 Å². The zero-order valence-electron chi connectivity index (χ0n) is 12.2. The lowest BCUT2D eigenvalue weighted by molar-refractivity contribution is -0.388. The molecule has 3 N–H and O–H groups in total. The summed E-state index contributed by atoms with van der Waals surface area (Å²) in [5.74, 6) is 0.0499. The Balaban J connectivity index is 2.34. The number of nitrogens with zero attached hydrogens (tertiary/aromatic N) is 4. The van der Waals surface area contributed by atoms with Crippen molar-refractivity contribution < 1.29 is 14.8 Å². The molecule has 11 heteroatoms. The van der Waals surface area contributed by atoms with E-state index in [4.69, 9.17) is 10.4 Å². The topological polar surface area (TPSA) is 154 Å². The fraction of sp³-hybridized carbons (Fsp3) is 0.0769. The van der Waals surface area contributed by atoms with Crippen LogP contribution in [0.15, 0.2) is 29.4 Å². The second-order valence-electron chi connectivity index (χ2n) is 4.42. The van der Waals surface area contributed by atoms with Gasteiger partial charge in [-0.15, -0.1) is 0 Å². The summed E-state index contributed by atoms with van der Waals surface area (Å²) in [6, 6.07) is 4.80. The third kappa shape index (κ3) is 4.08. The molecule has 0 saturated carbocycles. The highest BCUT2D eigenvalue weighted by atomic mass is 32.2. The Bertz CT molecular complexity index is 851. The van der Waals surface area contributed by atoms with Crippen molar-refractivity contribution in [3.63, 3.8) is 0 Å². The van der Waals surface area contributed by atoms with Gasteiger partial charge >= 0.3 is 11.8 Å². The van der Waals surface area contributed by atoms with Crippen LogP contribution in [0, 0.1) is 27.7 Å². The Morgan fingerprint density at radius 1 is 1.50 bits per heavy atom. The van der Waals surface area contributed by atoms with Gasteiger partial charge in [0.25, 0.3) is 0 Å². The Labute approximate surface area is 139 Å². The van der Waals surface area contributed by atoms with Crippen molar-refractivity contribution in [2.75, 3.05) is 10.6 Å². The first-order chi connectivity index (χ1) is 11.4. The third-order valence-electron chi connectivity index (χ3n) is 2.81. The highest BCUT2D eigenvalue weighted by Crippen LogP contribution is 2.28. The molecule has 0 aliphatic rings. The maximum Gasteiger partial charge on any atom is 0.409 e. The number of benzene rings is 1. The van der Waals surface area contributed by atoms with Gasteiger partial charge < -0.3 is 10.4 Å². The van der Waals surface area contributed by atoms with E-state index in [9.17, 15) is 14.9 Å². The summed E-state index contributed by atoms with van der Waals surface area (Å²) in [7, 11) is 0. The number of nitro groups is 1. The van der Waals surface area contributed by atoms with Gasteiger partial charge in [-0.1, -0.05) is 6.07 Å². The van der Waals surface area contributed by atoms with Gasteiger partial charge in [0.05, 0.1) is 4.92 Å². The van der Waals surface area contributed by atoms with E-state index in [1.54, 1.807) is 24.5 Å². The molecule has 1 amide bonds. The number of thiocyanates is 1. The van der Waals surface area contributed by atoms with Crippen LogP contribution in [0.2, 0.25) is 0 Å². The first kappa shape index (κ1) is 17.0. The third-order valence-corrected chi connectivity index (χ3v) is 3.40. The lowest BCUT2D eigenvalue weighted by Gasteiger charge is -2.10. The summed E-state index contributed by atoms with van der Waals surface area (Å²) in [6.07, 6.45) is -0.201. The summed E-state index contributed by atoms with van der Waals surface area (Å²) in [5.41, 5.74) is 1.26. The number of anilines is 3. The molecule has 1 aromatic heterocycles. The summed E-state index contributed by atoms with van der Waals surface area (Å²) in [6.45, 7) is 1.78. The fourth-order valence-electron chi connectivity index (χ4n) is 1.74. The van der Waals surface area contributed by atoms with E-state index in [-0.39, 0.29) is 16.7 Å².